The van der Waals surface area contributed by atoms with Gasteiger partial charge in [-0.3, -0.25) is 9.59 Å². The van der Waals surface area contributed by atoms with Crippen LogP contribution in [0.2, 0.25) is 0 Å². The van der Waals surface area contributed by atoms with Crippen molar-refractivity contribution < 1.29 is 23.8 Å². The Balaban J connectivity index is 1.30. The molecule has 1 saturated heterocycles. The standard InChI is InChI=1S/C32H51NO5/c1-19(18-33-21(3)34)10-15-32(36-7)20(2)29-28(38-32)17-27-25-9-8-23-16-24(37-22(4)35)11-13-30(23,5)26(25)12-14-31(27,29)6/h8,19-20,24-29H,9-18H2,1-7H3,(H,33,34)/t19-,20-,24-,25+,26-,27+,28-,29-,30+,31+,32-/m1/s1. The number of nitrogens with one attached hydrogen (secondary N) is 1. The third kappa shape index (κ3) is 4.56. The van der Waals surface area contributed by atoms with E-state index in [1.54, 1.807) is 12.5 Å². The van der Waals surface area contributed by atoms with Gasteiger partial charge >= 0.3 is 5.97 Å². The van der Waals surface area contributed by atoms with Crippen LogP contribution in [0.5, 0.6) is 0 Å². The SMILES string of the molecule is CO[C@]1(CC[C@@H](C)CNC(C)=O)O[C@@H]2C[C@H]3[C@H]4CC=C5C[C@H](OC(C)=O)CC[C@]5(C)[C@@H]4CC[C@]3(C)[C@@H]2[C@H]1C. The Morgan fingerprint density at radius 3 is 2.63 bits per heavy atom. The minimum absolute atomic E-state index is 0.0314. The van der Waals surface area contributed by atoms with Gasteiger partial charge in [0.05, 0.1) is 6.10 Å². The maximum absolute atomic E-state index is 11.6. The molecule has 1 N–H and O–H groups in total. The number of rotatable bonds is 7. The molecule has 5 aliphatic rings. The second-order valence-corrected chi connectivity index (χ2v) is 14.1. The highest BCUT2D eigenvalue weighted by Crippen LogP contribution is 2.70. The maximum atomic E-state index is 11.6. The van der Waals surface area contributed by atoms with Crippen LogP contribution < -0.4 is 5.32 Å². The van der Waals surface area contributed by atoms with Crippen molar-refractivity contribution in [3.05, 3.63) is 11.6 Å². The van der Waals surface area contributed by atoms with Crippen molar-refractivity contribution in [3.8, 4) is 0 Å². The van der Waals surface area contributed by atoms with E-state index in [4.69, 9.17) is 14.2 Å². The molecule has 3 saturated carbocycles. The Hall–Kier alpha value is -1.40. The number of carbonyl (C=O) groups is 2. The minimum atomic E-state index is -0.522. The van der Waals surface area contributed by atoms with Crippen LogP contribution >= 0.6 is 0 Å². The summed E-state index contributed by atoms with van der Waals surface area (Å²) >= 11 is 0. The summed E-state index contributed by atoms with van der Waals surface area (Å²) in [6, 6.07) is 0. The van der Waals surface area contributed by atoms with Gasteiger partial charge < -0.3 is 19.5 Å². The second kappa shape index (κ2) is 10.2. The van der Waals surface area contributed by atoms with E-state index in [0.29, 0.717) is 36.1 Å². The van der Waals surface area contributed by atoms with Crippen molar-refractivity contribution in [3.63, 3.8) is 0 Å². The number of hydrogen-bond donors (Lipinski definition) is 1. The molecule has 6 nitrogen and oxygen atoms in total. The summed E-state index contributed by atoms with van der Waals surface area (Å²) in [6.45, 7) is 13.5. The molecule has 0 spiro atoms. The zero-order valence-corrected chi connectivity index (χ0v) is 24.8. The van der Waals surface area contributed by atoms with Gasteiger partial charge in [0.2, 0.25) is 5.91 Å². The topological polar surface area (TPSA) is 73.9 Å². The molecular weight excluding hydrogens is 478 g/mol. The van der Waals surface area contributed by atoms with Crippen LogP contribution in [-0.2, 0) is 23.8 Å². The van der Waals surface area contributed by atoms with Gasteiger partial charge in [-0.25, -0.2) is 0 Å². The van der Waals surface area contributed by atoms with Crippen molar-refractivity contribution in [1.82, 2.24) is 5.32 Å². The number of amides is 1. The molecule has 6 heteroatoms. The van der Waals surface area contributed by atoms with Gasteiger partial charge in [0.15, 0.2) is 5.79 Å². The number of carbonyl (C=O) groups excluding carboxylic acids is 2. The van der Waals surface area contributed by atoms with Gasteiger partial charge in [0.25, 0.3) is 0 Å². The first kappa shape index (κ1) is 28.1. The smallest absolute Gasteiger partial charge is 0.302 e. The van der Waals surface area contributed by atoms with E-state index >= 15 is 0 Å². The predicted octanol–water partition coefficient (Wildman–Crippen LogP) is 6.04. The molecule has 0 aromatic carbocycles. The highest BCUT2D eigenvalue weighted by Gasteiger charge is 2.68. The molecule has 1 aliphatic heterocycles. The fourth-order valence-corrected chi connectivity index (χ4v) is 10.1. The van der Waals surface area contributed by atoms with Crippen LogP contribution in [0.3, 0.4) is 0 Å². The van der Waals surface area contributed by atoms with Gasteiger partial charge in [0.1, 0.15) is 6.10 Å². The fourth-order valence-electron chi connectivity index (χ4n) is 10.1. The molecule has 1 amide bonds. The van der Waals surface area contributed by atoms with E-state index in [9.17, 15) is 9.59 Å². The van der Waals surface area contributed by atoms with E-state index in [2.05, 4.69) is 39.1 Å². The second-order valence-electron chi connectivity index (χ2n) is 14.1. The van der Waals surface area contributed by atoms with E-state index in [1.807, 2.05) is 7.11 Å². The zero-order valence-electron chi connectivity index (χ0n) is 24.8. The van der Waals surface area contributed by atoms with Crippen molar-refractivity contribution in [2.75, 3.05) is 13.7 Å². The largest absolute Gasteiger partial charge is 0.462 e. The van der Waals surface area contributed by atoms with Gasteiger partial charge in [-0.15, -0.1) is 0 Å². The molecule has 0 unspecified atom stereocenters. The number of hydrogen-bond acceptors (Lipinski definition) is 5. The molecule has 5 rings (SSSR count). The van der Waals surface area contributed by atoms with Crippen LogP contribution in [0.15, 0.2) is 11.6 Å². The average Bonchev–Trinajstić information content (AvgIpc) is 3.31. The zero-order chi connectivity index (χ0) is 27.5. The number of allylic oxidation sites excluding steroid dienone is 1. The van der Waals surface area contributed by atoms with Gasteiger partial charge in [-0.2, -0.15) is 0 Å². The van der Waals surface area contributed by atoms with Crippen molar-refractivity contribution in [2.45, 2.75) is 117 Å². The highest BCUT2D eigenvalue weighted by atomic mass is 16.7. The summed E-state index contributed by atoms with van der Waals surface area (Å²) in [7, 11) is 1.83. The lowest BCUT2D eigenvalue weighted by molar-refractivity contribution is -0.238. The molecular formula is C32H51NO5. The normalized spacial score (nSPS) is 46.2. The molecule has 1 heterocycles. The molecule has 0 radical (unpaired) electrons. The molecule has 11 atom stereocenters. The lowest BCUT2D eigenvalue weighted by Crippen LogP contribution is -2.52. The third-order valence-electron chi connectivity index (χ3n) is 12.1. The first-order chi connectivity index (χ1) is 17.9. The fraction of sp³-hybridized carbons (Fsp3) is 0.875. The summed E-state index contributed by atoms with van der Waals surface area (Å²) in [5.74, 6) is 2.74. The summed E-state index contributed by atoms with van der Waals surface area (Å²) < 4.78 is 18.8. The minimum Gasteiger partial charge on any atom is -0.462 e. The van der Waals surface area contributed by atoms with Crippen molar-refractivity contribution >= 4 is 11.9 Å². The number of fused-ring (bicyclic) bond motifs is 7. The van der Waals surface area contributed by atoms with Gasteiger partial charge in [0, 0.05) is 46.3 Å². The Bertz CT molecular complexity index is 963. The first-order valence-electron chi connectivity index (χ1n) is 15.3. The summed E-state index contributed by atoms with van der Waals surface area (Å²) in [5, 5.41) is 2.96. The summed E-state index contributed by atoms with van der Waals surface area (Å²) in [4.78, 5) is 22.9. The summed E-state index contributed by atoms with van der Waals surface area (Å²) in [6.07, 6.45) is 12.6. The molecule has 4 aliphatic carbocycles. The van der Waals surface area contributed by atoms with Crippen molar-refractivity contribution in [2.24, 2.45) is 46.3 Å². The van der Waals surface area contributed by atoms with Crippen LogP contribution in [0.25, 0.3) is 0 Å². The monoisotopic (exact) mass is 529 g/mol. The lowest BCUT2D eigenvalue weighted by Gasteiger charge is -2.58. The van der Waals surface area contributed by atoms with Crippen LogP contribution in [0.1, 0.15) is 99.3 Å². The van der Waals surface area contributed by atoms with Crippen molar-refractivity contribution in [1.29, 1.82) is 0 Å². The Morgan fingerprint density at radius 1 is 1.18 bits per heavy atom. The van der Waals surface area contributed by atoms with Crippen LogP contribution in [-0.4, -0.2) is 43.5 Å². The van der Waals surface area contributed by atoms with Crippen LogP contribution in [0, 0.1) is 46.3 Å². The molecule has 38 heavy (non-hydrogen) atoms. The predicted molar refractivity (Wildman–Crippen MR) is 147 cm³/mol. The van der Waals surface area contributed by atoms with E-state index in [-0.39, 0.29) is 34.9 Å². The molecule has 4 fully saturated rings. The number of ether oxygens (including phenoxy) is 3. The van der Waals surface area contributed by atoms with E-state index < -0.39 is 5.79 Å². The highest BCUT2D eigenvalue weighted by molar-refractivity contribution is 5.72. The first-order valence-corrected chi connectivity index (χ1v) is 15.3. The maximum Gasteiger partial charge on any atom is 0.302 e. The van der Waals surface area contributed by atoms with E-state index in [0.717, 1.165) is 50.9 Å². The van der Waals surface area contributed by atoms with Crippen LogP contribution in [0.4, 0.5) is 0 Å². The summed E-state index contributed by atoms with van der Waals surface area (Å²) in [5.41, 5.74) is 2.07. The molecule has 0 aromatic heterocycles. The Morgan fingerprint density at radius 2 is 1.95 bits per heavy atom. The third-order valence-corrected chi connectivity index (χ3v) is 12.1. The lowest BCUT2D eigenvalue weighted by atomic mass is 9.47. The van der Waals surface area contributed by atoms with E-state index in [1.165, 1.54) is 19.8 Å². The number of methoxy groups -OCH3 is 1. The Kier molecular flexibility index (Phi) is 7.56. The molecule has 214 valence electrons. The average molecular weight is 530 g/mol. The van der Waals surface area contributed by atoms with Gasteiger partial charge in [-0.05, 0) is 85.4 Å². The van der Waals surface area contributed by atoms with Gasteiger partial charge in [-0.1, -0.05) is 39.3 Å². The molecule has 0 bridgehead atoms. The number of esters is 1. The Labute approximate surface area is 230 Å². The molecule has 0 aromatic rings. The quantitative estimate of drug-likeness (QED) is 0.322.